The van der Waals surface area contributed by atoms with Gasteiger partial charge in [-0.1, -0.05) is 31.5 Å². The Morgan fingerprint density at radius 3 is 2.49 bits per heavy atom. The van der Waals surface area contributed by atoms with E-state index in [0.717, 1.165) is 75.1 Å². The Balaban J connectivity index is 1.28. The predicted octanol–water partition coefficient (Wildman–Crippen LogP) is 4.91. The van der Waals surface area contributed by atoms with E-state index in [2.05, 4.69) is 79.1 Å². The number of aromatic hydroxyl groups is 1. The van der Waals surface area contributed by atoms with Crippen molar-refractivity contribution in [2.24, 2.45) is 0 Å². The van der Waals surface area contributed by atoms with Gasteiger partial charge in [0, 0.05) is 61.9 Å². The van der Waals surface area contributed by atoms with Crippen LogP contribution in [0, 0.1) is 0 Å². The van der Waals surface area contributed by atoms with Gasteiger partial charge in [-0.05, 0) is 82.6 Å². The predicted molar refractivity (Wildman–Crippen MR) is 159 cm³/mol. The van der Waals surface area contributed by atoms with E-state index in [9.17, 15) is 5.11 Å². The van der Waals surface area contributed by atoms with Crippen molar-refractivity contribution >= 4 is 10.9 Å². The summed E-state index contributed by atoms with van der Waals surface area (Å²) in [6.07, 6.45) is 6.30. The highest BCUT2D eigenvalue weighted by molar-refractivity contribution is 5.78. The van der Waals surface area contributed by atoms with Crippen LogP contribution in [0.4, 0.5) is 0 Å². The summed E-state index contributed by atoms with van der Waals surface area (Å²) in [6, 6.07) is 15.7. The van der Waals surface area contributed by atoms with E-state index in [1.807, 2.05) is 18.3 Å². The summed E-state index contributed by atoms with van der Waals surface area (Å²) in [5.74, 6) is 1.30. The molecular formula is C32H46N6O. The Bertz CT molecular complexity index is 1240. The lowest BCUT2D eigenvalue weighted by Crippen LogP contribution is -2.55. The first-order valence-corrected chi connectivity index (χ1v) is 14.7. The van der Waals surface area contributed by atoms with E-state index in [0.29, 0.717) is 17.8 Å². The van der Waals surface area contributed by atoms with Crippen molar-refractivity contribution in [2.75, 3.05) is 40.3 Å². The lowest BCUT2D eigenvalue weighted by Gasteiger charge is -2.46. The SMILES string of the molecule is CCCC(c1ncc2cc(CN3CCC(c4cccc(O)c4)(N(C)C)CC3)ccc2n1)N1CC(C)NC(C)C1. The van der Waals surface area contributed by atoms with Crippen molar-refractivity contribution in [3.05, 3.63) is 65.6 Å². The van der Waals surface area contributed by atoms with Gasteiger partial charge in [0.25, 0.3) is 0 Å². The summed E-state index contributed by atoms with van der Waals surface area (Å²) in [6.45, 7) is 11.8. The maximum absolute atomic E-state index is 10.1. The molecule has 0 saturated carbocycles. The van der Waals surface area contributed by atoms with Crippen molar-refractivity contribution in [1.82, 2.24) is 30.0 Å². The van der Waals surface area contributed by atoms with Gasteiger partial charge in [-0.2, -0.15) is 0 Å². The number of nitrogens with zero attached hydrogens (tertiary/aromatic N) is 5. The minimum Gasteiger partial charge on any atom is -0.508 e. The Morgan fingerprint density at radius 1 is 1.08 bits per heavy atom. The number of phenols is 1. The summed E-state index contributed by atoms with van der Waals surface area (Å²) in [7, 11) is 4.32. The molecule has 7 heteroatoms. The number of likely N-dealkylation sites (tertiary alicyclic amines) is 1. The lowest BCUT2D eigenvalue weighted by molar-refractivity contribution is 0.0506. The molecule has 7 nitrogen and oxygen atoms in total. The zero-order valence-electron chi connectivity index (χ0n) is 24.4. The number of fused-ring (bicyclic) bond motifs is 1. The van der Waals surface area contributed by atoms with Crippen LogP contribution in [0.25, 0.3) is 10.9 Å². The fourth-order valence-corrected chi connectivity index (χ4v) is 6.86. The number of phenolic OH excluding ortho intramolecular Hbond substituents is 1. The van der Waals surface area contributed by atoms with Crippen LogP contribution >= 0.6 is 0 Å². The fraction of sp³-hybridized carbons (Fsp3) is 0.562. The molecule has 39 heavy (non-hydrogen) atoms. The largest absolute Gasteiger partial charge is 0.508 e. The standard InChI is InChI=1S/C32H46N6O/c1-6-8-30(38-20-23(2)34-24(3)21-38)31-33-19-26-17-25(11-12-29(26)35-31)22-37-15-13-32(14-16-37,36(4)5)27-9-7-10-28(39)18-27/h7,9-12,17-19,23-24,30,34,39H,6,8,13-16,20-22H2,1-5H3. The molecule has 0 radical (unpaired) electrons. The molecule has 3 heterocycles. The van der Waals surface area contributed by atoms with Gasteiger partial charge >= 0.3 is 0 Å². The lowest BCUT2D eigenvalue weighted by atomic mass is 9.79. The minimum absolute atomic E-state index is 0.0437. The molecule has 3 aromatic rings. The van der Waals surface area contributed by atoms with Crippen LogP contribution < -0.4 is 5.32 Å². The van der Waals surface area contributed by atoms with Crippen LogP contribution in [0.2, 0.25) is 0 Å². The summed E-state index contributed by atoms with van der Waals surface area (Å²) in [5, 5.41) is 14.9. The maximum atomic E-state index is 10.1. The zero-order chi connectivity index (χ0) is 27.6. The molecule has 3 unspecified atom stereocenters. The quantitative estimate of drug-likeness (QED) is 0.429. The second-order valence-electron chi connectivity index (χ2n) is 12.1. The van der Waals surface area contributed by atoms with E-state index in [1.165, 1.54) is 11.1 Å². The third-order valence-corrected chi connectivity index (χ3v) is 8.88. The van der Waals surface area contributed by atoms with E-state index < -0.39 is 0 Å². The second-order valence-corrected chi connectivity index (χ2v) is 12.1. The molecule has 0 amide bonds. The number of hydrogen-bond donors (Lipinski definition) is 2. The molecule has 1 aromatic heterocycles. The molecule has 5 rings (SSSR count). The van der Waals surface area contributed by atoms with Gasteiger partial charge in [0.05, 0.1) is 11.6 Å². The Morgan fingerprint density at radius 2 is 1.82 bits per heavy atom. The first-order valence-electron chi connectivity index (χ1n) is 14.7. The highest BCUT2D eigenvalue weighted by Gasteiger charge is 2.38. The summed E-state index contributed by atoms with van der Waals surface area (Å²) >= 11 is 0. The first kappa shape index (κ1) is 28.0. The average molecular weight is 531 g/mol. The molecule has 0 aliphatic carbocycles. The number of benzene rings is 2. The molecule has 210 valence electrons. The van der Waals surface area contributed by atoms with Crippen LogP contribution in [0.5, 0.6) is 5.75 Å². The van der Waals surface area contributed by atoms with Crippen LogP contribution in [0.15, 0.2) is 48.7 Å². The normalized spacial score (nSPS) is 23.3. The maximum Gasteiger partial charge on any atom is 0.146 e. The molecule has 2 saturated heterocycles. The van der Waals surface area contributed by atoms with Crippen molar-refractivity contribution in [1.29, 1.82) is 0 Å². The zero-order valence-corrected chi connectivity index (χ0v) is 24.4. The van der Waals surface area contributed by atoms with Gasteiger partial charge in [0.2, 0.25) is 0 Å². The van der Waals surface area contributed by atoms with Crippen LogP contribution in [-0.4, -0.2) is 82.1 Å². The van der Waals surface area contributed by atoms with E-state index >= 15 is 0 Å². The monoisotopic (exact) mass is 530 g/mol. The molecule has 0 bridgehead atoms. The van der Waals surface area contributed by atoms with Gasteiger partial charge in [0.15, 0.2) is 0 Å². The molecule has 2 fully saturated rings. The molecule has 2 N–H and O–H groups in total. The number of piperidine rings is 1. The van der Waals surface area contributed by atoms with Crippen LogP contribution in [-0.2, 0) is 12.1 Å². The van der Waals surface area contributed by atoms with Gasteiger partial charge in [-0.15, -0.1) is 0 Å². The molecule has 2 aliphatic rings. The van der Waals surface area contributed by atoms with Gasteiger partial charge in [0.1, 0.15) is 11.6 Å². The third kappa shape index (κ3) is 6.12. The van der Waals surface area contributed by atoms with Crippen molar-refractivity contribution < 1.29 is 5.11 Å². The Kier molecular flexibility index (Phi) is 8.52. The minimum atomic E-state index is -0.0437. The third-order valence-electron chi connectivity index (χ3n) is 8.88. The molecular weight excluding hydrogens is 484 g/mol. The van der Waals surface area contributed by atoms with Crippen molar-refractivity contribution in [3.8, 4) is 5.75 Å². The second kappa shape index (κ2) is 11.9. The molecule has 0 spiro atoms. The average Bonchev–Trinajstić information content (AvgIpc) is 2.91. The number of piperazine rings is 1. The van der Waals surface area contributed by atoms with Crippen molar-refractivity contribution in [3.63, 3.8) is 0 Å². The van der Waals surface area contributed by atoms with Crippen molar-refractivity contribution in [2.45, 2.75) is 76.7 Å². The van der Waals surface area contributed by atoms with E-state index in [4.69, 9.17) is 9.97 Å². The van der Waals surface area contributed by atoms with Crippen LogP contribution in [0.1, 0.15) is 69.4 Å². The molecule has 2 aromatic carbocycles. The van der Waals surface area contributed by atoms with Crippen LogP contribution in [0.3, 0.4) is 0 Å². The highest BCUT2D eigenvalue weighted by atomic mass is 16.3. The number of aromatic nitrogens is 2. The number of nitrogens with one attached hydrogen (secondary N) is 1. The number of hydrogen-bond acceptors (Lipinski definition) is 7. The summed E-state index contributed by atoms with van der Waals surface area (Å²) in [4.78, 5) is 17.4. The van der Waals surface area contributed by atoms with Gasteiger partial charge in [-0.25, -0.2) is 9.97 Å². The van der Waals surface area contributed by atoms with E-state index in [-0.39, 0.29) is 11.6 Å². The Hall–Kier alpha value is -2.58. The summed E-state index contributed by atoms with van der Waals surface area (Å²) in [5.41, 5.74) is 3.51. The number of rotatable bonds is 8. The fourth-order valence-electron chi connectivity index (χ4n) is 6.86. The first-order chi connectivity index (χ1) is 18.8. The topological polar surface area (TPSA) is 67.8 Å². The molecule has 2 aliphatic heterocycles. The van der Waals surface area contributed by atoms with Gasteiger partial charge in [-0.3, -0.25) is 14.7 Å². The Labute approximate surface area is 234 Å². The van der Waals surface area contributed by atoms with E-state index in [1.54, 1.807) is 6.07 Å². The molecule has 3 atom stereocenters. The highest BCUT2D eigenvalue weighted by Crippen LogP contribution is 2.39. The van der Waals surface area contributed by atoms with Gasteiger partial charge < -0.3 is 10.4 Å². The smallest absolute Gasteiger partial charge is 0.146 e. The summed E-state index contributed by atoms with van der Waals surface area (Å²) < 4.78 is 0.